The van der Waals surface area contributed by atoms with Gasteiger partial charge in [-0.25, -0.2) is 23.1 Å². The third-order valence-corrected chi connectivity index (χ3v) is 5.65. The van der Waals surface area contributed by atoms with Gasteiger partial charge in [-0.05, 0) is 25.3 Å². The monoisotopic (exact) mass is 374 g/mol. The number of H-pyrrole nitrogens is 2. The lowest BCUT2D eigenvalue weighted by atomic mass is 9.89. The van der Waals surface area contributed by atoms with Gasteiger partial charge < -0.3 is 9.88 Å². The minimum absolute atomic E-state index is 0.147. The van der Waals surface area contributed by atoms with Crippen LogP contribution in [0.4, 0.5) is 14.5 Å². The van der Waals surface area contributed by atoms with Crippen molar-refractivity contribution in [3.05, 3.63) is 45.5 Å². The highest BCUT2D eigenvalue weighted by atomic mass is 19.3. The Morgan fingerprint density at radius 1 is 1.19 bits per heavy atom. The van der Waals surface area contributed by atoms with Gasteiger partial charge in [0, 0.05) is 30.6 Å². The van der Waals surface area contributed by atoms with Gasteiger partial charge in [0.15, 0.2) is 5.65 Å². The number of aromatic nitrogens is 5. The van der Waals surface area contributed by atoms with E-state index in [0.717, 1.165) is 0 Å². The van der Waals surface area contributed by atoms with Crippen LogP contribution >= 0.6 is 0 Å². The highest BCUT2D eigenvalue weighted by Gasteiger charge is 2.63. The van der Waals surface area contributed by atoms with E-state index in [-0.39, 0.29) is 17.8 Å². The van der Waals surface area contributed by atoms with Crippen molar-refractivity contribution < 1.29 is 8.78 Å². The lowest BCUT2D eigenvalue weighted by Crippen LogP contribution is -2.50. The lowest BCUT2D eigenvalue weighted by Gasteiger charge is -2.40. The molecule has 0 unspecified atom stereocenters. The SMILES string of the molecule is O=c1[nH]cc(-c2cc(N3CCC4(CC4)C(F)(F)C3)c3nccn3n2)c(=O)[nH]1. The third-order valence-electron chi connectivity index (χ3n) is 5.65. The zero-order chi connectivity index (χ0) is 18.8. The summed E-state index contributed by atoms with van der Waals surface area (Å²) in [5.41, 5.74) is -0.721. The normalized spacial score (nSPS) is 20.3. The largest absolute Gasteiger partial charge is 0.362 e. The maximum atomic E-state index is 14.7. The van der Waals surface area contributed by atoms with Crippen molar-refractivity contribution in [1.82, 2.24) is 24.6 Å². The quantitative estimate of drug-likeness (QED) is 0.706. The van der Waals surface area contributed by atoms with Crippen LogP contribution in [0.25, 0.3) is 16.9 Å². The van der Waals surface area contributed by atoms with E-state index in [2.05, 4.69) is 20.1 Å². The number of hydrogen-bond acceptors (Lipinski definition) is 5. The molecule has 140 valence electrons. The van der Waals surface area contributed by atoms with Crippen molar-refractivity contribution in [1.29, 1.82) is 0 Å². The Kier molecular flexibility index (Phi) is 3.14. The zero-order valence-corrected chi connectivity index (χ0v) is 14.2. The van der Waals surface area contributed by atoms with E-state index in [0.29, 0.717) is 37.1 Å². The zero-order valence-electron chi connectivity index (χ0n) is 14.2. The fraction of sp³-hybridized carbons (Fsp3) is 0.412. The van der Waals surface area contributed by atoms with Crippen molar-refractivity contribution in [3.63, 3.8) is 0 Å². The first-order chi connectivity index (χ1) is 12.9. The molecule has 0 aromatic carbocycles. The van der Waals surface area contributed by atoms with Gasteiger partial charge in [0.05, 0.1) is 17.8 Å². The molecular formula is C17H16F2N6O2. The fourth-order valence-electron chi connectivity index (χ4n) is 3.85. The van der Waals surface area contributed by atoms with Gasteiger partial charge in [-0.1, -0.05) is 0 Å². The number of piperidine rings is 1. The molecule has 2 fully saturated rings. The number of rotatable bonds is 2. The Morgan fingerprint density at radius 3 is 2.70 bits per heavy atom. The first-order valence-corrected chi connectivity index (χ1v) is 8.68. The second kappa shape index (κ2) is 5.24. The molecule has 1 spiro atoms. The van der Waals surface area contributed by atoms with Gasteiger partial charge in [0.25, 0.3) is 11.5 Å². The summed E-state index contributed by atoms with van der Waals surface area (Å²) in [4.78, 5) is 33.8. The molecule has 2 aliphatic rings. The summed E-state index contributed by atoms with van der Waals surface area (Å²) in [6.07, 6.45) is 5.94. The summed E-state index contributed by atoms with van der Waals surface area (Å²) in [6, 6.07) is 1.58. The minimum atomic E-state index is -2.77. The topological polar surface area (TPSA) is 99.2 Å². The molecule has 3 aromatic heterocycles. The van der Waals surface area contributed by atoms with Gasteiger partial charge in [0.1, 0.15) is 5.69 Å². The molecule has 10 heteroatoms. The van der Waals surface area contributed by atoms with Crippen LogP contribution in [0.5, 0.6) is 0 Å². The number of nitrogens with one attached hydrogen (secondary N) is 2. The summed E-state index contributed by atoms with van der Waals surface area (Å²) in [7, 11) is 0. The Hall–Kier alpha value is -3.04. The second-order valence-corrected chi connectivity index (χ2v) is 7.25. The molecule has 4 heterocycles. The van der Waals surface area contributed by atoms with Gasteiger partial charge in [-0.2, -0.15) is 5.10 Å². The first-order valence-electron chi connectivity index (χ1n) is 8.68. The molecule has 1 saturated heterocycles. The van der Waals surface area contributed by atoms with E-state index < -0.39 is 22.6 Å². The number of hydrogen-bond donors (Lipinski definition) is 2. The number of halogens is 2. The maximum absolute atomic E-state index is 14.7. The third kappa shape index (κ3) is 2.39. The van der Waals surface area contributed by atoms with Gasteiger partial charge in [0.2, 0.25) is 0 Å². The van der Waals surface area contributed by atoms with Crippen LogP contribution in [0, 0.1) is 5.41 Å². The van der Waals surface area contributed by atoms with E-state index in [1.54, 1.807) is 17.2 Å². The number of alkyl halides is 2. The Labute approximate surface area is 150 Å². The van der Waals surface area contributed by atoms with Gasteiger partial charge >= 0.3 is 5.69 Å². The van der Waals surface area contributed by atoms with E-state index in [4.69, 9.17) is 0 Å². The molecule has 3 aromatic rings. The Balaban J connectivity index is 1.63. The molecular weight excluding hydrogens is 358 g/mol. The van der Waals surface area contributed by atoms with E-state index in [9.17, 15) is 18.4 Å². The average molecular weight is 374 g/mol. The van der Waals surface area contributed by atoms with Crippen LogP contribution in [0.15, 0.2) is 34.2 Å². The van der Waals surface area contributed by atoms with E-state index in [1.807, 2.05) is 0 Å². The van der Waals surface area contributed by atoms with Crippen LogP contribution in [0.3, 0.4) is 0 Å². The van der Waals surface area contributed by atoms with Crippen LogP contribution in [0.1, 0.15) is 19.3 Å². The molecule has 1 saturated carbocycles. The second-order valence-electron chi connectivity index (χ2n) is 7.25. The number of anilines is 1. The van der Waals surface area contributed by atoms with Crippen molar-refractivity contribution in [2.75, 3.05) is 18.0 Å². The minimum Gasteiger partial charge on any atom is -0.362 e. The summed E-state index contributed by atoms with van der Waals surface area (Å²) >= 11 is 0. The highest BCUT2D eigenvalue weighted by Crippen LogP contribution is 2.61. The molecule has 27 heavy (non-hydrogen) atoms. The molecule has 1 aliphatic heterocycles. The average Bonchev–Trinajstić information content (AvgIpc) is 3.26. The van der Waals surface area contributed by atoms with Crippen molar-refractivity contribution >= 4 is 11.3 Å². The fourth-order valence-corrected chi connectivity index (χ4v) is 3.85. The molecule has 2 N–H and O–H groups in total. The standard InChI is InChI=1S/C17H16F2N6O2/c18-17(19)9-24(5-3-16(17)1-2-16)12-7-11(23-25-6-4-20-13(12)25)10-8-21-15(27)22-14(10)26/h4,6-8H,1-3,5,9H2,(H2,21,22,26,27). The van der Waals surface area contributed by atoms with E-state index >= 15 is 0 Å². The molecule has 0 atom stereocenters. The van der Waals surface area contributed by atoms with E-state index in [1.165, 1.54) is 16.9 Å². The molecule has 0 amide bonds. The molecule has 0 bridgehead atoms. The van der Waals surface area contributed by atoms with Crippen LogP contribution in [-0.4, -0.2) is 43.6 Å². The number of nitrogens with zero attached hydrogens (tertiary/aromatic N) is 4. The molecule has 8 nitrogen and oxygen atoms in total. The summed E-state index contributed by atoms with van der Waals surface area (Å²) in [6.45, 7) is 0.102. The van der Waals surface area contributed by atoms with Crippen LogP contribution in [-0.2, 0) is 0 Å². The van der Waals surface area contributed by atoms with Crippen LogP contribution in [0.2, 0.25) is 0 Å². The number of aromatic amines is 2. The first kappa shape index (κ1) is 16.2. The Morgan fingerprint density at radius 2 is 2.00 bits per heavy atom. The summed E-state index contributed by atoms with van der Waals surface area (Å²) < 4.78 is 30.8. The lowest BCUT2D eigenvalue weighted by molar-refractivity contribution is -0.0793. The summed E-state index contributed by atoms with van der Waals surface area (Å²) in [5.74, 6) is -2.77. The highest BCUT2D eigenvalue weighted by molar-refractivity contribution is 5.74. The Bertz CT molecular complexity index is 1160. The molecule has 5 rings (SSSR count). The smallest absolute Gasteiger partial charge is 0.325 e. The molecule has 0 radical (unpaired) electrons. The predicted molar refractivity (Wildman–Crippen MR) is 93.1 cm³/mol. The number of imidazole rings is 1. The number of fused-ring (bicyclic) bond motifs is 1. The van der Waals surface area contributed by atoms with Gasteiger partial charge in [-0.3, -0.25) is 9.78 Å². The molecule has 1 aliphatic carbocycles. The van der Waals surface area contributed by atoms with Gasteiger partial charge in [-0.15, -0.1) is 0 Å². The predicted octanol–water partition coefficient (Wildman–Crippen LogP) is 1.40. The maximum Gasteiger partial charge on any atom is 0.325 e. The van der Waals surface area contributed by atoms with Crippen molar-refractivity contribution in [2.45, 2.75) is 25.2 Å². The summed E-state index contributed by atoms with van der Waals surface area (Å²) in [5, 5.41) is 4.33. The van der Waals surface area contributed by atoms with Crippen LogP contribution < -0.4 is 16.1 Å². The van der Waals surface area contributed by atoms with Crippen molar-refractivity contribution in [3.8, 4) is 11.3 Å². The van der Waals surface area contributed by atoms with Crippen molar-refractivity contribution in [2.24, 2.45) is 5.41 Å².